The highest BCUT2D eigenvalue weighted by molar-refractivity contribution is 14.1. The summed E-state index contributed by atoms with van der Waals surface area (Å²) >= 11 is 2.20. The SMILES string of the molecule is Nc1nn(CC2CC2)cc1I. The van der Waals surface area contributed by atoms with Gasteiger partial charge in [-0.1, -0.05) is 0 Å². The lowest BCUT2D eigenvalue weighted by atomic mass is 10.4. The lowest BCUT2D eigenvalue weighted by Gasteiger charge is -1.95. The minimum Gasteiger partial charge on any atom is -0.381 e. The first-order chi connectivity index (χ1) is 5.25. The highest BCUT2D eigenvalue weighted by Crippen LogP contribution is 2.30. The van der Waals surface area contributed by atoms with Crippen molar-refractivity contribution in [2.75, 3.05) is 5.73 Å². The molecule has 11 heavy (non-hydrogen) atoms. The van der Waals surface area contributed by atoms with E-state index in [4.69, 9.17) is 5.73 Å². The van der Waals surface area contributed by atoms with E-state index < -0.39 is 0 Å². The number of hydrogen-bond donors (Lipinski definition) is 1. The van der Waals surface area contributed by atoms with Crippen LogP contribution in [0.15, 0.2) is 6.20 Å². The molecule has 0 amide bonds. The van der Waals surface area contributed by atoms with Gasteiger partial charge in [-0.05, 0) is 41.4 Å². The number of anilines is 1. The fourth-order valence-electron chi connectivity index (χ4n) is 1.07. The van der Waals surface area contributed by atoms with Gasteiger partial charge in [-0.15, -0.1) is 0 Å². The standard InChI is InChI=1S/C7H10IN3/c8-6-4-11(10-7(6)9)3-5-1-2-5/h4-5H,1-3H2,(H2,9,10). The summed E-state index contributed by atoms with van der Waals surface area (Å²) in [5, 5.41) is 4.18. The molecule has 2 N–H and O–H groups in total. The van der Waals surface area contributed by atoms with Crippen LogP contribution in [0.4, 0.5) is 5.82 Å². The number of nitrogens with zero attached hydrogens (tertiary/aromatic N) is 2. The van der Waals surface area contributed by atoms with Crippen molar-refractivity contribution in [2.45, 2.75) is 19.4 Å². The Morgan fingerprint density at radius 3 is 2.91 bits per heavy atom. The quantitative estimate of drug-likeness (QED) is 0.821. The van der Waals surface area contributed by atoms with Crippen molar-refractivity contribution in [3.63, 3.8) is 0 Å². The van der Waals surface area contributed by atoms with Crippen LogP contribution in [0.25, 0.3) is 0 Å². The van der Waals surface area contributed by atoms with Gasteiger partial charge < -0.3 is 5.73 Å². The van der Waals surface area contributed by atoms with Crippen LogP contribution in [0, 0.1) is 9.49 Å². The van der Waals surface area contributed by atoms with Crippen LogP contribution in [0.5, 0.6) is 0 Å². The van der Waals surface area contributed by atoms with Crippen molar-refractivity contribution in [2.24, 2.45) is 5.92 Å². The largest absolute Gasteiger partial charge is 0.381 e. The first-order valence-electron chi connectivity index (χ1n) is 3.74. The number of rotatable bonds is 2. The monoisotopic (exact) mass is 263 g/mol. The van der Waals surface area contributed by atoms with Crippen molar-refractivity contribution in [1.82, 2.24) is 9.78 Å². The molecule has 1 aliphatic rings. The highest BCUT2D eigenvalue weighted by atomic mass is 127. The molecular formula is C7H10IN3. The van der Waals surface area contributed by atoms with Crippen molar-refractivity contribution in [1.29, 1.82) is 0 Å². The molecule has 1 fully saturated rings. The Balaban J connectivity index is 2.11. The summed E-state index contributed by atoms with van der Waals surface area (Å²) in [6.45, 7) is 1.05. The van der Waals surface area contributed by atoms with Gasteiger partial charge in [0.1, 0.15) is 0 Å². The zero-order valence-corrected chi connectivity index (χ0v) is 8.28. The maximum Gasteiger partial charge on any atom is 0.158 e. The van der Waals surface area contributed by atoms with E-state index in [2.05, 4.69) is 27.7 Å². The second kappa shape index (κ2) is 2.66. The van der Waals surface area contributed by atoms with Crippen LogP contribution in [0.2, 0.25) is 0 Å². The molecule has 1 saturated carbocycles. The van der Waals surface area contributed by atoms with Gasteiger partial charge in [0, 0.05) is 12.7 Å². The molecule has 1 aromatic rings. The summed E-state index contributed by atoms with van der Waals surface area (Å²) in [5.41, 5.74) is 5.60. The van der Waals surface area contributed by atoms with Crippen molar-refractivity contribution in [3.05, 3.63) is 9.77 Å². The highest BCUT2D eigenvalue weighted by Gasteiger charge is 2.22. The third-order valence-corrected chi connectivity index (χ3v) is 2.72. The third kappa shape index (κ3) is 1.66. The summed E-state index contributed by atoms with van der Waals surface area (Å²) in [4.78, 5) is 0. The summed E-state index contributed by atoms with van der Waals surface area (Å²) in [5.74, 6) is 1.52. The molecule has 0 radical (unpaired) electrons. The summed E-state index contributed by atoms with van der Waals surface area (Å²) in [6, 6.07) is 0. The number of aromatic nitrogens is 2. The smallest absolute Gasteiger partial charge is 0.158 e. The fourth-order valence-corrected chi connectivity index (χ4v) is 1.50. The van der Waals surface area contributed by atoms with E-state index in [9.17, 15) is 0 Å². The maximum absolute atomic E-state index is 5.60. The Labute approximate surface area is 79.1 Å². The molecule has 4 heteroatoms. The molecule has 1 aliphatic carbocycles. The van der Waals surface area contributed by atoms with Gasteiger partial charge in [0.25, 0.3) is 0 Å². The zero-order valence-electron chi connectivity index (χ0n) is 6.13. The van der Waals surface area contributed by atoms with Crippen LogP contribution in [-0.2, 0) is 6.54 Å². The maximum atomic E-state index is 5.60. The zero-order chi connectivity index (χ0) is 7.84. The molecule has 0 saturated heterocycles. The van der Waals surface area contributed by atoms with Gasteiger partial charge in [0.2, 0.25) is 0 Å². The molecule has 3 nitrogen and oxygen atoms in total. The topological polar surface area (TPSA) is 43.8 Å². The predicted octanol–water partition coefficient (Wildman–Crippen LogP) is 1.48. The van der Waals surface area contributed by atoms with E-state index in [1.165, 1.54) is 12.8 Å². The van der Waals surface area contributed by atoms with Gasteiger partial charge in [-0.2, -0.15) is 5.10 Å². The van der Waals surface area contributed by atoms with E-state index in [-0.39, 0.29) is 0 Å². The average Bonchev–Trinajstić information content (AvgIpc) is 2.65. The molecule has 0 atom stereocenters. The Bertz CT molecular complexity index is 245. The normalized spacial score (nSPS) is 17.2. The van der Waals surface area contributed by atoms with Crippen LogP contribution in [-0.4, -0.2) is 9.78 Å². The Morgan fingerprint density at radius 1 is 1.73 bits per heavy atom. The molecule has 60 valence electrons. The lowest BCUT2D eigenvalue weighted by Crippen LogP contribution is -2.00. The van der Waals surface area contributed by atoms with Gasteiger partial charge in [-0.25, -0.2) is 0 Å². The molecule has 1 aromatic heterocycles. The van der Waals surface area contributed by atoms with Crippen LogP contribution in [0.3, 0.4) is 0 Å². The number of nitrogens with two attached hydrogens (primary N) is 1. The number of nitrogen functional groups attached to an aromatic ring is 1. The fraction of sp³-hybridized carbons (Fsp3) is 0.571. The predicted molar refractivity (Wildman–Crippen MR) is 52.1 cm³/mol. The van der Waals surface area contributed by atoms with E-state index in [1.807, 2.05) is 10.9 Å². The first-order valence-corrected chi connectivity index (χ1v) is 4.82. The van der Waals surface area contributed by atoms with E-state index in [0.717, 1.165) is 16.0 Å². The lowest BCUT2D eigenvalue weighted by molar-refractivity contribution is 0.565. The second-order valence-corrected chi connectivity index (χ2v) is 4.19. The van der Waals surface area contributed by atoms with Crippen LogP contribution in [0.1, 0.15) is 12.8 Å². The number of halogens is 1. The average molecular weight is 263 g/mol. The summed E-state index contributed by atoms with van der Waals surface area (Å²) in [7, 11) is 0. The molecule has 0 aliphatic heterocycles. The molecular weight excluding hydrogens is 253 g/mol. The summed E-state index contributed by atoms with van der Waals surface area (Å²) < 4.78 is 3.01. The molecule has 2 rings (SSSR count). The first kappa shape index (κ1) is 7.39. The Morgan fingerprint density at radius 2 is 2.45 bits per heavy atom. The van der Waals surface area contributed by atoms with E-state index in [1.54, 1.807) is 0 Å². The second-order valence-electron chi connectivity index (χ2n) is 3.03. The van der Waals surface area contributed by atoms with Gasteiger partial charge >= 0.3 is 0 Å². The molecule has 0 spiro atoms. The third-order valence-electron chi connectivity index (χ3n) is 1.89. The Hall–Kier alpha value is -0.260. The van der Waals surface area contributed by atoms with Gasteiger partial charge in [0.15, 0.2) is 5.82 Å². The van der Waals surface area contributed by atoms with Gasteiger partial charge in [0.05, 0.1) is 3.57 Å². The summed E-state index contributed by atoms with van der Waals surface area (Å²) in [6.07, 6.45) is 4.72. The van der Waals surface area contributed by atoms with Crippen LogP contribution >= 0.6 is 22.6 Å². The van der Waals surface area contributed by atoms with E-state index >= 15 is 0 Å². The van der Waals surface area contributed by atoms with Crippen molar-refractivity contribution < 1.29 is 0 Å². The minimum atomic E-state index is 0.659. The van der Waals surface area contributed by atoms with Gasteiger partial charge in [-0.3, -0.25) is 4.68 Å². The molecule has 0 bridgehead atoms. The van der Waals surface area contributed by atoms with Crippen molar-refractivity contribution in [3.8, 4) is 0 Å². The molecule has 0 unspecified atom stereocenters. The number of hydrogen-bond acceptors (Lipinski definition) is 2. The Kier molecular flexibility index (Phi) is 1.78. The van der Waals surface area contributed by atoms with E-state index in [0.29, 0.717) is 5.82 Å². The van der Waals surface area contributed by atoms with Crippen molar-refractivity contribution >= 4 is 28.4 Å². The van der Waals surface area contributed by atoms with Crippen LogP contribution < -0.4 is 5.73 Å². The molecule has 1 heterocycles. The molecule has 0 aromatic carbocycles. The minimum absolute atomic E-state index is 0.659.